The molecule has 0 bridgehead atoms. The third-order valence-electron chi connectivity index (χ3n) is 5.52. The van der Waals surface area contributed by atoms with Gasteiger partial charge in [-0.15, -0.1) is 0 Å². The van der Waals surface area contributed by atoms with Crippen molar-refractivity contribution in [3.8, 4) is 0 Å². The summed E-state index contributed by atoms with van der Waals surface area (Å²) >= 11 is 0. The van der Waals surface area contributed by atoms with E-state index in [0.29, 0.717) is 0 Å². The summed E-state index contributed by atoms with van der Waals surface area (Å²) in [5.41, 5.74) is 0.227. The van der Waals surface area contributed by atoms with E-state index in [-0.39, 0.29) is 17.7 Å². The first-order valence-corrected chi connectivity index (χ1v) is 10.00. The predicted octanol–water partition coefficient (Wildman–Crippen LogP) is 0.728. The molecule has 2 unspecified atom stereocenters. The smallest absolute Gasteiger partial charge is 0.0976 e. The van der Waals surface area contributed by atoms with Gasteiger partial charge >= 0.3 is 0 Å². The topological polar surface area (TPSA) is 40.2 Å². The molecule has 0 aromatic heterocycles. The van der Waals surface area contributed by atoms with Crippen LogP contribution in [0.3, 0.4) is 0 Å². The Morgan fingerprint density at radius 1 is 1.00 bits per heavy atom. The summed E-state index contributed by atoms with van der Waals surface area (Å²) in [5.74, 6) is 0. The molecule has 0 aliphatic carbocycles. The molecule has 6 nitrogen and oxygen atoms in total. The largest absolute Gasteiger partial charge is 0.373 e. The molecule has 2 aliphatic heterocycles. The first-order valence-electron chi connectivity index (χ1n) is 10.00. The molecule has 2 fully saturated rings. The van der Waals surface area contributed by atoms with E-state index in [2.05, 4.69) is 54.8 Å². The van der Waals surface area contributed by atoms with Crippen molar-refractivity contribution in [3.63, 3.8) is 0 Å². The normalized spacial score (nSPS) is 27.1. The summed E-state index contributed by atoms with van der Waals surface area (Å²) < 4.78 is 12.1. The first kappa shape index (κ1) is 21.1. The van der Waals surface area contributed by atoms with Crippen LogP contribution < -0.4 is 5.32 Å². The van der Waals surface area contributed by atoms with Crippen LogP contribution in [0.15, 0.2) is 0 Å². The highest BCUT2D eigenvalue weighted by Crippen LogP contribution is 2.17. The van der Waals surface area contributed by atoms with E-state index in [0.717, 1.165) is 72.1 Å². The van der Waals surface area contributed by atoms with Gasteiger partial charge in [-0.05, 0) is 34.4 Å². The Hall–Kier alpha value is -0.240. The third kappa shape index (κ3) is 7.12. The highest BCUT2D eigenvalue weighted by molar-refractivity contribution is 4.84. The van der Waals surface area contributed by atoms with Gasteiger partial charge in [-0.1, -0.05) is 6.92 Å². The molecule has 2 saturated heterocycles. The van der Waals surface area contributed by atoms with Crippen molar-refractivity contribution in [2.45, 2.75) is 45.4 Å². The first-order chi connectivity index (χ1) is 11.9. The van der Waals surface area contributed by atoms with Gasteiger partial charge in [0.2, 0.25) is 0 Å². The lowest BCUT2D eigenvalue weighted by molar-refractivity contribution is -0.138. The zero-order valence-corrected chi connectivity index (χ0v) is 17.1. The van der Waals surface area contributed by atoms with Crippen molar-refractivity contribution in [1.29, 1.82) is 0 Å². The van der Waals surface area contributed by atoms with E-state index < -0.39 is 0 Å². The molecule has 6 heteroatoms. The molecule has 25 heavy (non-hydrogen) atoms. The van der Waals surface area contributed by atoms with Crippen molar-refractivity contribution in [3.05, 3.63) is 0 Å². The summed E-state index contributed by atoms with van der Waals surface area (Å²) in [6, 6.07) is 0. The van der Waals surface area contributed by atoms with E-state index in [1.165, 1.54) is 0 Å². The maximum Gasteiger partial charge on any atom is 0.0976 e. The van der Waals surface area contributed by atoms with Crippen LogP contribution in [-0.4, -0.2) is 112 Å². The standard InChI is InChI=1S/C19H40N4O2/c1-6-20-7-8-22-11-13-24-17(15-22)18-16-23(12-14-25-18)10-9-21(5)19(2,3)4/h17-18,20H,6-16H2,1-5H3. The van der Waals surface area contributed by atoms with E-state index >= 15 is 0 Å². The fourth-order valence-electron chi connectivity index (χ4n) is 3.36. The van der Waals surface area contributed by atoms with Gasteiger partial charge in [-0.2, -0.15) is 0 Å². The second-order valence-corrected chi connectivity index (χ2v) is 8.37. The van der Waals surface area contributed by atoms with Crippen LogP contribution in [0.4, 0.5) is 0 Å². The molecule has 0 aromatic rings. The van der Waals surface area contributed by atoms with Gasteiger partial charge in [0.25, 0.3) is 0 Å². The molecule has 0 saturated carbocycles. The monoisotopic (exact) mass is 356 g/mol. The average Bonchev–Trinajstić information content (AvgIpc) is 2.59. The second-order valence-electron chi connectivity index (χ2n) is 8.37. The second kappa shape index (κ2) is 10.2. The number of nitrogens with zero attached hydrogens (tertiary/aromatic N) is 3. The zero-order valence-electron chi connectivity index (χ0n) is 17.1. The van der Waals surface area contributed by atoms with Crippen molar-refractivity contribution >= 4 is 0 Å². The van der Waals surface area contributed by atoms with Gasteiger partial charge in [0.05, 0.1) is 25.4 Å². The van der Waals surface area contributed by atoms with Crippen LogP contribution >= 0.6 is 0 Å². The highest BCUT2D eigenvalue weighted by atomic mass is 16.5. The van der Waals surface area contributed by atoms with Gasteiger partial charge < -0.3 is 19.7 Å². The lowest BCUT2D eigenvalue weighted by atomic mass is 10.1. The van der Waals surface area contributed by atoms with Crippen LogP contribution in [0, 0.1) is 0 Å². The third-order valence-corrected chi connectivity index (χ3v) is 5.52. The molecule has 1 N–H and O–H groups in total. The van der Waals surface area contributed by atoms with Crippen LogP contribution in [0.5, 0.6) is 0 Å². The quantitative estimate of drug-likeness (QED) is 0.647. The van der Waals surface area contributed by atoms with E-state index in [1.54, 1.807) is 0 Å². The Labute approximate surface area is 154 Å². The molecule has 2 atom stereocenters. The van der Waals surface area contributed by atoms with Crippen molar-refractivity contribution in [2.24, 2.45) is 0 Å². The van der Waals surface area contributed by atoms with Gasteiger partial charge in [-0.25, -0.2) is 0 Å². The Morgan fingerprint density at radius 3 is 2.08 bits per heavy atom. The fourth-order valence-corrected chi connectivity index (χ4v) is 3.36. The Bertz CT molecular complexity index is 375. The SMILES string of the molecule is CCNCCN1CCOC(C2CN(CCN(C)C(C)(C)C)CCO2)C1. The molecule has 0 amide bonds. The fraction of sp³-hybridized carbons (Fsp3) is 1.00. The number of hydrogen-bond donors (Lipinski definition) is 1. The molecule has 2 heterocycles. The Morgan fingerprint density at radius 2 is 1.56 bits per heavy atom. The van der Waals surface area contributed by atoms with Gasteiger partial charge in [0.15, 0.2) is 0 Å². The minimum absolute atomic E-state index is 0.204. The Balaban J connectivity index is 1.76. The predicted molar refractivity (Wildman–Crippen MR) is 103 cm³/mol. The molecular weight excluding hydrogens is 316 g/mol. The summed E-state index contributed by atoms with van der Waals surface area (Å²) in [4.78, 5) is 7.47. The summed E-state index contributed by atoms with van der Waals surface area (Å²) in [6.07, 6.45) is 0.411. The number of nitrogens with one attached hydrogen (secondary N) is 1. The summed E-state index contributed by atoms with van der Waals surface area (Å²) in [5, 5.41) is 3.41. The van der Waals surface area contributed by atoms with Crippen molar-refractivity contribution in [2.75, 3.05) is 79.2 Å². The van der Waals surface area contributed by atoms with Gasteiger partial charge in [0.1, 0.15) is 0 Å². The lowest BCUT2D eigenvalue weighted by Gasteiger charge is -2.42. The summed E-state index contributed by atoms with van der Waals surface area (Å²) in [6.45, 7) is 20.1. The number of rotatable bonds is 8. The average molecular weight is 357 g/mol. The molecule has 2 rings (SSSR count). The molecule has 2 aliphatic rings. The van der Waals surface area contributed by atoms with Crippen molar-refractivity contribution in [1.82, 2.24) is 20.0 Å². The molecular formula is C19H40N4O2. The van der Waals surface area contributed by atoms with Crippen LogP contribution in [0.25, 0.3) is 0 Å². The Kier molecular flexibility index (Phi) is 8.58. The minimum atomic E-state index is 0.204. The number of morpholine rings is 2. The number of ether oxygens (including phenoxy) is 2. The zero-order chi connectivity index (χ0) is 18.3. The van der Waals surface area contributed by atoms with E-state index in [4.69, 9.17) is 9.47 Å². The lowest BCUT2D eigenvalue weighted by Crippen LogP contribution is -2.56. The summed E-state index contributed by atoms with van der Waals surface area (Å²) in [7, 11) is 2.21. The van der Waals surface area contributed by atoms with Crippen molar-refractivity contribution < 1.29 is 9.47 Å². The minimum Gasteiger partial charge on any atom is -0.373 e. The van der Waals surface area contributed by atoms with Gasteiger partial charge in [-0.3, -0.25) is 9.80 Å². The maximum absolute atomic E-state index is 6.07. The molecule has 0 radical (unpaired) electrons. The van der Waals surface area contributed by atoms with Crippen LogP contribution in [0.1, 0.15) is 27.7 Å². The van der Waals surface area contributed by atoms with E-state index in [1.807, 2.05) is 0 Å². The molecule has 0 aromatic carbocycles. The number of likely N-dealkylation sites (N-methyl/N-ethyl adjacent to an activating group) is 2. The molecule has 148 valence electrons. The number of hydrogen-bond acceptors (Lipinski definition) is 6. The van der Waals surface area contributed by atoms with Crippen LogP contribution in [-0.2, 0) is 9.47 Å². The highest BCUT2D eigenvalue weighted by Gasteiger charge is 2.32. The van der Waals surface area contributed by atoms with Gasteiger partial charge in [0, 0.05) is 57.9 Å². The molecule has 0 spiro atoms. The van der Waals surface area contributed by atoms with E-state index in [9.17, 15) is 0 Å². The maximum atomic E-state index is 6.07. The van der Waals surface area contributed by atoms with Crippen LogP contribution in [0.2, 0.25) is 0 Å².